The number of nitrogens with one attached hydrogen (secondary N) is 1. The normalized spacial score (nSPS) is 15.7. The predicted octanol–water partition coefficient (Wildman–Crippen LogP) is 5.40. The SMILES string of the molecule is CCCCC(CC)CC(CC(C)(C)C)NCCC. The van der Waals surface area contributed by atoms with Crippen molar-refractivity contribution in [3.05, 3.63) is 0 Å². The zero-order valence-corrected chi connectivity index (χ0v) is 13.8. The van der Waals surface area contributed by atoms with Gasteiger partial charge in [0.1, 0.15) is 0 Å². The van der Waals surface area contributed by atoms with E-state index in [1.54, 1.807) is 0 Å². The molecule has 0 aliphatic carbocycles. The van der Waals surface area contributed by atoms with Crippen LogP contribution in [-0.4, -0.2) is 12.6 Å². The molecule has 18 heavy (non-hydrogen) atoms. The Bertz CT molecular complexity index is 181. The van der Waals surface area contributed by atoms with E-state index < -0.39 is 0 Å². The van der Waals surface area contributed by atoms with Crippen LogP contribution in [0.15, 0.2) is 0 Å². The lowest BCUT2D eigenvalue weighted by molar-refractivity contribution is 0.262. The van der Waals surface area contributed by atoms with Gasteiger partial charge in [0.05, 0.1) is 0 Å². The molecule has 0 rings (SSSR count). The molecule has 2 unspecified atom stereocenters. The van der Waals surface area contributed by atoms with Gasteiger partial charge in [-0.1, -0.05) is 67.2 Å². The summed E-state index contributed by atoms with van der Waals surface area (Å²) in [7, 11) is 0. The van der Waals surface area contributed by atoms with Crippen LogP contribution in [0, 0.1) is 11.3 Å². The minimum atomic E-state index is 0.439. The Morgan fingerprint density at radius 2 is 1.67 bits per heavy atom. The molecular formula is C17H37N. The average Bonchev–Trinajstić information content (AvgIpc) is 2.29. The van der Waals surface area contributed by atoms with Crippen molar-refractivity contribution in [2.45, 2.75) is 92.5 Å². The van der Waals surface area contributed by atoms with Crippen LogP contribution >= 0.6 is 0 Å². The highest BCUT2D eigenvalue weighted by Crippen LogP contribution is 2.26. The first-order valence-corrected chi connectivity index (χ1v) is 8.16. The summed E-state index contributed by atoms with van der Waals surface area (Å²) in [6, 6.07) is 0.715. The van der Waals surface area contributed by atoms with Crippen molar-refractivity contribution < 1.29 is 0 Å². The third-order valence-corrected chi connectivity index (χ3v) is 3.70. The van der Waals surface area contributed by atoms with Crippen molar-refractivity contribution in [3.8, 4) is 0 Å². The van der Waals surface area contributed by atoms with Gasteiger partial charge in [-0.25, -0.2) is 0 Å². The minimum absolute atomic E-state index is 0.439. The van der Waals surface area contributed by atoms with E-state index in [1.807, 2.05) is 0 Å². The second kappa shape index (κ2) is 9.83. The van der Waals surface area contributed by atoms with Crippen LogP contribution in [0.25, 0.3) is 0 Å². The van der Waals surface area contributed by atoms with E-state index in [1.165, 1.54) is 51.5 Å². The van der Waals surface area contributed by atoms with E-state index in [0.29, 0.717) is 11.5 Å². The summed E-state index contributed by atoms with van der Waals surface area (Å²) in [5.41, 5.74) is 0.439. The Morgan fingerprint density at radius 3 is 2.11 bits per heavy atom. The van der Waals surface area contributed by atoms with Gasteiger partial charge in [-0.3, -0.25) is 0 Å². The van der Waals surface area contributed by atoms with Crippen molar-refractivity contribution in [1.29, 1.82) is 0 Å². The van der Waals surface area contributed by atoms with Crippen molar-refractivity contribution >= 4 is 0 Å². The molecule has 1 nitrogen and oxygen atoms in total. The predicted molar refractivity (Wildman–Crippen MR) is 84.1 cm³/mol. The molecule has 0 radical (unpaired) electrons. The van der Waals surface area contributed by atoms with Gasteiger partial charge in [-0.05, 0) is 37.1 Å². The smallest absolute Gasteiger partial charge is 0.00746 e. The molecule has 1 heteroatoms. The molecule has 1 N–H and O–H groups in total. The molecule has 0 saturated carbocycles. The summed E-state index contributed by atoms with van der Waals surface area (Å²) in [5.74, 6) is 0.918. The standard InChI is InChI=1S/C17H37N/c1-7-10-11-15(9-3)13-16(18-12-8-2)14-17(4,5)6/h15-16,18H,7-14H2,1-6H3. The molecule has 2 atom stereocenters. The largest absolute Gasteiger partial charge is 0.314 e. The summed E-state index contributed by atoms with van der Waals surface area (Å²) < 4.78 is 0. The number of hydrogen-bond acceptors (Lipinski definition) is 1. The first-order chi connectivity index (χ1) is 8.42. The Morgan fingerprint density at radius 1 is 1.00 bits per heavy atom. The lowest BCUT2D eigenvalue weighted by Crippen LogP contribution is -2.35. The molecule has 0 bridgehead atoms. The fourth-order valence-electron chi connectivity index (χ4n) is 2.71. The van der Waals surface area contributed by atoms with Crippen LogP contribution in [-0.2, 0) is 0 Å². The summed E-state index contributed by atoms with van der Waals surface area (Å²) in [6.07, 6.45) is 9.41. The lowest BCUT2D eigenvalue weighted by Gasteiger charge is -2.30. The van der Waals surface area contributed by atoms with E-state index >= 15 is 0 Å². The highest BCUT2D eigenvalue weighted by molar-refractivity contribution is 4.77. The summed E-state index contributed by atoms with van der Waals surface area (Å²) in [5, 5.41) is 3.77. The first-order valence-electron chi connectivity index (χ1n) is 8.16. The number of unbranched alkanes of at least 4 members (excludes halogenated alkanes) is 1. The summed E-state index contributed by atoms with van der Waals surface area (Å²) >= 11 is 0. The first kappa shape index (κ1) is 18.0. The van der Waals surface area contributed by atoms with Crippen LogP contribution in [0.2, 0.25) is 0 Å². The second-order valence-electron chi connectivity index (χ2n) is 7.07. The van der Waals surface area contributed by atoms with Crippen LogP contribution in [0.4, 0.5) is 0 Å². The lowest BCUT2D eigenvalue weighted by atomic mass is 9.83. The monoisotopic (exact) mass is 255 g/mol. The quantitative estimate of drug-likeness (QED) is 0.551. The molecule has 0 aliphatic rings. The molecule has 0 spiro atoms. The van der Waals surface area contributed by atoms with E-state index in [-0.39, 0.29) is 0 Å². The number of rotatable bonds is 10. The van der Waals surface area contributed by atoms with Gasteiger partial charge < -0.3 is 5.32 Å². The number of hydrogen-bond donors (Lipinski definition) is 1. The van der Waals surface area contributed by atoms with Gasteiger partial charge in [0.25, 0.3) is 0 Å². The zero-order valence-electron chi connectivity index (χ0n) is 13.8. The van der Waals surface area contributed by atoms with E-state index in [2.05, 4.69) is 46.9 Å². The second-order valence-corrected chi connectivity index (χ2v) is 7.07. The van der Waals surface area contributed by atoms with Crippen LogP contribution in [0.5, 0.6) is 0 Å². The minimum Gasteiger partial charge on any atom is -0.314 e. The molecule has 0 saturated heterocycles. The van der Waals surface area contributed by atoms with Crippen molar-refractivity contribution in [1.82, 2.24) is 5.32 Å². The maximum atomic E-state index is 3.77. The van der Waals surface area contributed by atoms with Crippen molar-refractivity contribution in [2.24, 2.45) is 11.3 Å². The third-order valence-electron chi connectivity index (χ3n) is 3.70. The Balaban J connectivity index is 4.25. The van der Waals surface area contributed by atoms with Gasteiger partial charge in [0.2, 0.25) is 0 Å². The van der Waals surface area contributed by atoms with Crippen LogP contribution in [0.1, 0.15) is 86.5 Å². The van der Waals surface area contributed by atoms with Crippen LogP contribution < -0.4 is 5.32 Å². The molecule has 0 aromatic carbocycles. The topological polar surface area (TPSA) is 12.0 Å². The highest BCUT2D eigenvalue weighted by atomic mass is 14.9. The Kier molecular flexibility index (Phi) is 9.81. The molecular weight excluding hydrogens is 218 g/mol. The van der Waals surface area contributed by atoms with Crippen molar-refractivity contribution in [3.63, 3.8) is 0 Å². The van der Waals surface area contributed by atoms with Gasteiger partial charge in [-0.2, -0.15) is 0 Å². The van der Waals surface area contributed by atoms with Gasteiger partial charge in [-0.15, -0.1) is 0 Å². The maximum absolute atomic E-state index is 3.77. The van der Waals surface area contributed by atoms with Crippen LogP contribution in [0.3, 0.4) is 0 Å². The average molecular weight is 255 g/mol. The Hall–Kier alpha value is -0.0400. The summed E-state index contributed by atoms with van der Waals surface area (Å²) in [4.78, 5) is 0. The molecule has 0 aromatic heterocycles. The molecule has 0 amide bonds. The Labute approximate surface area is 116 Å². The third kappa shape index (κ3) is 9.94. The molecule has 0 fully saturated rings. The molecule has 110 valence electrons. The van der Waals surface area contributed by atoms with E-state index in [9.17, 15) is 0 Å². The molecule has 0 aliphatic heterocycles. The van der Waals surface area contributed by atoms with Crippen molar-refractivity contribution in [2.75, 3.05) is 6.54 Å². The van der Waals surface area contributed by atoms with E-state index in [0.717, 1.165) is 5.92 Å². The van der Waals surface area contributed by atoms with Gasteiger partial charge in [0.15, 0.2) is 0 Å². The van der Waals surface area contributed by atoms with Gasteiger partial charge >= 0.3 is 0 Å². The fourth-order valence-corrected chi connectivity index (χ4v) is 2.71. The fraction of sp³-hybridized carbons (Fsp3) is 1.00. The summed E-state index contributed by atoms with van der Waals surface area (Å²) in [6.45, 7) is 15.2. The maximum Gasteiger partial charge on any atom is 0.00746 e. The molecule has 0 aromatic rings. The van der Waals surface area contributed by atoms with Gasteiger partial charge in [0, 0.05) is 6.04 Å². The zero-order chi connectivity index (χ0) is 14.0. The molecule has 0 heterocycles. The highest BCUT2D eigenvalue weighted by Gasteiger charge is 2.20. The van der Waals surface area contributed by atoms with E-state index in [4.69, 9.17) is 0 Å².